The van der Waals surface area contributed by atoms with E-state index in [-0.39, 0.29) is 12.5 Å². The second-order valence-corrected chi connectivity index (χ2v) is 5.73. The third-order valence-electron chi connectivity index (χ3n) is 3.92. The molecule has 2 N–H and O–H groups in total. The maximum Gasteiger partial charge on any atom is 0.254 e. The van der Waals surface area contributed by atoms with Gasteiger partial charge in [-0.15, -0.1) is 0 Å². The molecule has 1 aromatic heterocycles. The van der Waals surface area contributed by atoms with Gasteiger partial charge >= 0.3 is 0 Å². The van der Waals surface area contributed by atoms with Gasteiger partial charge in [0.15, 0.2) is 0 Å². The standard InChI is InChI=1S/C16H25N3O2/c1-3-6-17-15-10-14(9-12(2)18-15)16(21)19-7-4-13(11-20)5-8-19/h9-10,13,20H,3-8,11H2,1-2H3,(H,17,18). The lowest BCUT2D eigenvalue weighted by atomic mass is 9.97. The number of aryl methyl sites for hydroxylation is 1. The number of carbonyl (C=O) groups is 1. The Morgan fingerprint density at radius 1 is 1.43 bits per heavy atom. The fourth-order valence-electron chi connectivity index (χ4n) is 2.64. The monoisotopic (exact) mass is 291 g/mol. The summed E-state index contributed by atoms with van der Waals surface area (Å²) in [6, 6.07) is 3.68. The van der Waals surface area contributed by atoms with Gasteiger partial charge in [-0.2, -0.15) is 0 Å². The van der Waals surface area contributed by atoms with E-state index in [2.05, 4.69) is 17.2 Å². The zero-order chi connectivity index (χ0) is 15.2. The molecule has 1 aliphatic heterocycles. The van der Waals surface area contributed by atoms with E-state index in [0.29, 0.717) is 11.5 Å². The van der Waals surface area contributed by atoms with E-state index in [9.17, 15) is 4.79 Å². The van der Waals surface area contributed by atoms with Crippen molar-refractivity contribution < 1.29 is 9.90 Å². The molecule has 1 fully saturated rings. The average Bonchev–Trinajstić information content (AvgIpc) is 2.51. The lowest BCUT2D eigenvalue weighted by Crippen LogP contribution is -2.39. The van der Waals surface area contributed by atoms with Crippen LogP contribution in [0.4, 0.5) is 5.82 Å². The Kier molecular flexibility index (Phi) is 5.56. The summed E-state index contributed by atoms with van der Waals surface area (Å²) < 4.78 is 0. The highest BCUT2D eigenvalue weighted by Crippen LogP contribution is 2.19. The molecule has 1 amide bonds. The van der Waals surface area contributed by atoms with Crippen molar-refractivity contribution in [2.75, 3.05) is 31.6 Å². The highest BCUT2D eigenvalue weighted by Gasteiger charge is 2.23. The van der Waals surface area contributed by atoms with Crippen LogP contribution in [0.25, 0.3) is 0 Å². The highest BCUT2D eigenvalue weighted by molar-refractivity contribution is 5.95. The van der Waals surface area contributed by atoms with E-state index in [4.69, 9.17) is 5.11 Å². The van der Waals surface area contributed by atoms with Crippen molar-refractivity contribution in [3.63, 3.8) is 0 Å². The molecule has 0 unspecified atom stereocenters. The number of amides is 1. The average molecular weight is 291 g/mol. The third kappa shape index (κ3) is 4.17. The van der Waals surface area contributed by atoms with Gasteiger partial charge in [-0.3, -0.25) is 4.79 Å². The Morgan fingerprint density at radius 2 is 2.14 bits per heavy atom. The number of aliphatic hydroxyl groups is 1. The minimum atomic E-state index is 0.0661. The maximum absolute atomic E-state index is 12.6. The van der Waals surface area contributed by atoms with Gasteiger partial charge in [-0.05, 0) is 44.2 Å². The molecule has 0 atom stereocenters. The number of nitrogens with one attached hydrogen (secondary N) is 1. The predicted octanol–water partition coefficient (Wildman–Crippen LogP) is 2.06. The first-order valence-corrected chi connectivity index (χ1v) is 7.76. The number of anilines is 1. The number of rotatable bonds is 5. The van der Waals surface area contributed by atoms with Gasteiger partial charge in [-0.25, -0.2) is 4.98 Å². The molecule has 2 heterocycles. The van der Waals surface area contributed by atoms with Crippen LogP contribution in [-0.2, 0) is 0 Å². The minimum Gasteiger partial charge on any atom is -0.396 e. The summed E-state index contributed by atoms with van der Waals surface area (Å²) >= 11 is 0. The Morgan fingerprint density at radius 3 is 2.76 bits per heavy atom. The van der Waals surface area contributed by atoms with Crippen LogP contribution in [0.1, 0.15) is 42.2 Å². The van der Waals surface area contributed by atoms with Crippen molar-refractivity contribution in [1.29, 1.82) is 0 Å². The Labute approximate surface area is 126 Å². The molecular formula is C16H25N3O2. The molecular weight excluding hydrogens is 266 g/mol. The minimum absolute atomic E-state index is 0.0661. The van der Waals surface area contributed by atoms with Crippen molar-refractivity contribution in [3.8, 4) is 0 Å². The van der Waals surface area contributed by atoms with Crippen molar-refractivity contribution in [2.24, 2.45) is 5.92 Å². The van der Waals surface area contributed by atoms with Gasteiger partial charge in [0.1, 0.15) is 5.82 Å². The van der Waals surface area contributed by atoms with Gasteiger partial charge in [-0.1, -0.05) is 6.92 Å². The SMILES string of the molecule is CCCNc1cc(C(=O)N2CCC(CO)CC2)cc(C)n1. The summed E-state index contributed by atoms with van der Waals surface area (Å²) in [7, 11) is 0. The number of aromatic nitrogens is 1. The molecule has 0 radical (unpaired) electrons. The predicted molar refractivity (Wildman–Crippen MR) is 83.5 cm³/mol. The summed E-state index contributed by atoms with van der Waals surface area (Å²) in [5, 5.41) is 12.4. The van der Waals surface area contributed by atoms with Crippen molar-refractivity contribution in [2.45, 2.75) is 33.1 Å². The lowest BCUT2D eigenvalue weighted by molar-refractivity contribution is 0.0650. The molecule has 5 nitrogen and oxygen atoms in total. The van der Waals surface area contributed by atoms with Crippen LogP contribution in [0.5, 0.6) is 0 Å². The summed E-state index contributed by atoms with van der Waals surface area (Å²) in [6.45, 7) is 6.53. The maximum atomic E-state index is 12.6. The highest BCUT2D eigenvalue weighted by atomic mass is 16.3. The van der Waals surface area contributed by atoms with Crippen LogP contribution in [-0.4, -0.2) is 47.1 Å². The van der Waals surface area contributed by atoms with Gasteiger partial charge in [0.2, 0.25) is 0 Å². The topological polar surface area (TPSA) is 65.5 Å². The third-order valence-corrected chi connectivity index (χ3v) is 3.92. The Bertz CT molecular complexity index is 482. The second-order valence-electron chi connectivity index (χ2n) is 5.73. The molecule has 1 aliphatic rings. The van der Waals surface area contributed by atoms with Crippen LogP contribution in [0.15, 0.2) is 12.1 Å². The van der Waals surface area contributed by atoms with Crippen molar-refractivity contribution >= 4 is 11.7 Å². The number of pyridine rings is 1. The number of likely N-dealkylation sites (tertiary alicyclic amines) is 1. The van der Waals surface area contributed by atoms with Gasteiger partial charge in [0, 0.05) is 37.5 Å². The van der Waals surface area contributed by atoms with E-state index in [0.717, 1.165) is 50.4 Å². The van der Waals surface area contributed by atoms with Crippen LogP contribution in [0.3, 0.4) is 0 Å². The molecule has 21 heavy (non-hydrogen) atoms. The van der Waals surface area contributed by atoms with Gasteiger partial charge in [0.05, 0.1) is 0 Å². The van der Waals surface area contributed by atoms with E-state index in [1.165, 1.54) is 0 Å². The lowest BCUT2D eigenvalue weighted by Gasteiger charge is -2.31. The molecule has 2 rings (SSSR count). The smallest absolute Gasteiger partial charge is 0.254 e. The molecule has 0 aromatic carbocycles. The molecule has 1 saturated heterocycles. The second kappa shape index (κ2) is 7.41. The van der Waals surface area contributed by atoms with Gasteiger partial charge < -0.3 is 15.3 Å². The van der Waals surface area contributed by atoms with E-state index in [1.807, 2.05) is 24.0 Å². The normalized spacial score (nSPS) is 16.0. The number of carbonyl (C=O) groups excluding carboxylic acids is 1. The van der Waals surface area contributed by atoms with Crippen LogP contribution in [0.2, 0.25) is 0 Å². The summed E-state index contributed by atoms with van der Waals surface area (Å²) in [4.78, 5) is 18.9. The quantitative estimate of drug-likeness (QED) is 0.871. The molecule has 1 aromatic rings. The molecule has 0 bridgehead atoms. The zero-order valence-electron chi connectivity index (χ0n) is 12.9. The first-order valence-electron chi connectivity index (χ1n) is 7.76. The number of aliphatic hydroxyl groups excluding tert-OH is 1. The number of hydrogen-bond donors (Lipinski definition) is 2. The van der Waals surface area contributed by atoms with Crippen molar-refractivity contribution in [3.05, 3.63) is 23.4 Å². The van der Waals surface area contributed by atoms with Crippen LogP contribution < -0.4 is 5.32 Å². The summed E-state index contributed by atoms with van der Waals surface area (Å²) in [6.07, 6.45) is 2.79. The number of piperidine rings is 1. The molecule has 0 aliphatic carbocycles. The number of nitrogens with zero attached hydrogens (tertiary/aromatic N) is 2. The Balaban J connectivity index is 2.06. The van der Waals surface area contributed by atoms with E-state index < -0.39 is 0 Å². The van der Waals surface area contributed by atoms with Crippen molar-refractivity contribution in [1.82, 2.24) is 9.88 Å². The fourth-order valence-corrected chi connectivity index (χ4v) is 2.64. The molecule has 0 saturated carbocycles. The van der Waals surface area contributed by atoms with Gasteiger partial charge in [0.25, 0.3) is 5.91 Å². The van der Waals surface area contributed by atoms with E-state index >= 15 is 0 Å². The first kappa shape index (κ1) is 15.8. The largest absolute Gasteiger partial charge is 0.396 e. The molecule has 5 heteroatoms. The summed E-state index contributed by atoms with van der Waals surface area (Å²) in [5.41, 5.74) is 1.55. The zero-order valence-corrected chi connectivity index (χ0v) is 12.9. The Hall–Kier alpha value is -1.62. The molecule has 116 valence electrons. The van der Waals surface area contributed by atoms with E-state index in [1.54, 1.807) is 0 Å². The van der Waals surface area contributed by atoms with Crippen LogP contribution >= 0.6 is 0 Å². The number of hydrogen-bond acceptors (Lipinski definition) is 4. The first-order chi connectivity index (χ1) is 10.1. The summed E-state index contributed by atoms with van der Waals surface area (Å²) in [5.74, 6) is 1.18. The van der Waals surface area contributed by atoms with Crippen LogP contribution in [0, 0.1) is 12.8 Å². The fraction of sp³-hybridized carbons (Fsp3) is 0.625. The molecule has 0 spiro atoms.